The number of sulfonamides is 1. The molecule has 1 aliphatic carbocycles. The van der Waals surface area contributed by atoms with Gasteiger partial charge in [-0.15, -0.1) is 0 Å². The molecular formula is C22H26N6O4S. The molecule has 1 saturated heterocycles. The number of hydrogen-bond donors (Lipinski definition) is 1. The second kappa shape index (κ2) is 8.81. The number of ether oxygens (including phenoxy) is 1. The van der Waals surface area contributed by atoms with Gasteiger partial charge in [-0.05, 0) is 38.0 Å². The number of rotatable bonds is 7. The number of fused-ring (bicyclic) bond motifs is 1. The Morgan fingerprint density at radius 3 is 2.73 bits per heavy atom. The van der Waals surface area contributed by atoms with E-state index in [0.29, 0.717) is 60.3 Å². The van der Waals surface area contributed by atoms with E-state index < -0.39 is 10.0 Å². The monoisotopic (exact) mass is 470 g/mol. The molecule has 5 rings (SSSR count). The van der Waals surface area contributed by atoms with Crippen molar-refractivity contribution in [3.05, 3.63) is 47.4 Å². The van der Waals surface area contributed by atoms with Gasteiger partial charge in [0.2, 0.25) is 10.0 Å². The molecule has 174 valence electrons. The number of aromatic nitrogens is 4. The maximum Gasteiger partial charge on any atom is 0.252 e. The lowest BCUT2D eigenvalue weighted by molar-refractivity contribution is 0.0730. The zero-order valence-corrected chi connectivity index (χ0v) is 19.2. The molecule has 10 nitrogen and oxygen atoms in total. The minimum atomic E-state index is -3.45. The lowest BCUT2D eigenvalue weighted by Crippen LogP contribution is -2.43. The summed E-state index contributed by atoms with van der Waals surface area (Å²) in [5, 5.41) is 8.05. The number of amides is 1. The maximum atomic E-state index is 13.2. The highest BCUT2D eigenvalue weighted by molar-refractivity contribution is 7.89. The van der Waals surface area contributed by atoms with Crippen LogP contribution in [0.5, 0.6) is 0 Å². The lowest BCUT2D eigenvalue weighted by Gasteiger charge is -2.26. The number of morpholine rings is 1. The summed E-state index contributed by atoms with van der Waals surface area (Å²) in [6.07, 6.45) is 3.76. The minimum absolute atomic E-state index is 0.0223. The quantitative estimate of drug-likeness (QED) is 0.554. The number of carbonyl (C=O) groups is 1. The van der Waals surface area contributed by atoms with Crippen molar-refractivity contribution in [1.82, 2.24) is 29.4 Å². The van der Waals surface area contributed by atoms with Crippen molar-refractivity contribution >= 4 is 27.0 Å². The highest BCUT2D eigenvalue weighted by Gasteiger charge is 2.29. The third kappa shape index (κ3) is 4.48. The number of hydrogen-bond acceptors (Lipinski definition) is 7. The predicted molar refractivity (Wildman–Crippen MR) is 122 cm³/mol. The average molecular weight is 471 g/mol. The third-order valence-electron chi connectivity index (χ3n) is 5.95. The maximum absolute atomic E-state index is 13.2. The van der Waals surface area contributed by atoms with Gasteiger partial charge >= 0.3 is 0 Å². The summed E-state index contributed by atoms with van der Waals surface area (Å²) in [6, 6.07) is 7.37. The molecule has 2 aliphatic rings. The van der Waals surface area contributed by atoms with Crippen LogP contribution in [0.25, 0.3) is 16.9 Å². The summed E-state index contributed by atoms with van der Waals surface area (Å²) >= 11 is 0. The van der Waals surface area contributed by atoms with Gasteiger partial charge in [0.1, 0.15) is 0 Å². The first-order valence-corrected chi connectivity index (χ1v) is 12.7. The molecule has 1 saturated carbocycles. The zero-order valence-electron chi connectivity index (χ0n) is 18.4. The van der Waals surface area contributed by atoms with E-state index >= 15 is 0 Å². The molecule has 3 aromatic rings. The fraction of sp³-hybridized carbons (Fsp3) is 0.455. The van der Waals surface area contributed by atoms with E-state index in [4.69, 9.17) is 9.72 Å². The minimum Gasteiger partial charge on any atom is -0.379 e. The summed E-state index contributed by atoms with van der Waals surface area (Å²) in [7, 11) is -3.45. The molecule has 1 N–H and O–H groups in total. The second-order valence-corrected chi connectivity index (χ2v) is 10.4. The van der Waals surface area contributed by atoms with E-state index in [2.05, 4.69) is 15.4 Å². The Kier molecular flexibility index (Phi) is 5.85. The molecule has 11 heteroatoms. The van der Waals surface area contributed by atoms with Crippen LogP contribution in [0, 0.1) is 6.92 Å². The van der Waals surface area contributed by atoms with E-state index in [0.717, 1.165) is 18.5 Å². The van der Waals surface area contributed by atoms with E-state index in [1.807, 2.05) is 31.2 Å². The summed E-state index contributed by atoms with van der Waals surface area (Å²) in [5.74, 6) is 0.466. The molecule has 0 spiro atoms. The second-order valence-electron chi connectivity index (χ2n) is 8.34. The van der Waals surface area contributed by atoms with Crippen LogP contribution in [0.4, 0.5) is 0 Å². The van der Waals surface area contributed by atoms with Crippen molar-refractivity contribution in [3.63, 3.8) is 0 Å². The van der Waals surface area contributed by atoms with Gasteiger partial charge in [0.15, 0.2) is 11.5 Å². The lowest BCUT2D eigenvalue weighted by atomic mass is 10.1. The summed E-state index contributed by atoms with van der Waals surface area (Å²) in [6.45, 7) is 3.33. The number of aryl methyl sites for hydroxylation is 1. The molecule has 3 aromatic heterocycles. The highest BCUT2D eigenvalue weighted by atomic mass is 32.2. The molecule has 4 heterocycles. The van der Waals surface area contributed by atoms with Gasteiger partial charge in [-0.1, -0.05) is 6.07 Å². The van der Waals surface area contributed by atoms with Gasteiger partial charge in [0.05, 0.1) is 35.6 Å². The smallest absolute Gasteiger partial charge is 0.252 e. The van der Waals surface area contributed by atoms with Gasteiger partial charge < -0.3 is 10.1 Å². The molecule has 0 aromatic carbocycles. The molecule has 1 aliphatic heterocycles. The summed E-state index contributed by atoms with van der Waals surface area (Å²) in [5.41, 5.74) is 2.56. The predicted octanol–water partition coefficient (Wildman–Crippen LogP) is 1.39. The Balaban J connectivity index is 1.42. The van der Waals surface area contributed by atoms with Gasteiger partial charge in [0.25, 0.3) is 5.91 Å². The molecule has 1 amide bonds. The number of nitrogens with zero attached hydrogens (tertiary/aromatic N) is 5. The first-order valence-electron chi connectivity index (χ1n) is 11.1. The largest absolute Gasteiger partial charge is 0.379 e. The van der Waals surface area contributed by atoms with E-state index in [9.17, 15) is 13.2 Å². The van der Waals surface area contributed by atoms with E-state index in [1.54, 1.807) is 10.9 Å². The molecule has 0 bridgehead atoms. The van der Waals surface area contributed by atoms with Crippen molar-refractivity contribution < 1.29 is 17.9 Å². The summed E-state index contributed by atoms with van der Waals surface area (Å²) < 4.78 is 33.4. The Bertz CT molecular complexity index is 1280. The van der Waals surface area contributed by atoms with E-state index in [-0.39, 0.29) is 18.2 Å². The first-order chi connectivity index (χ1) is 15.9. The van der Waals surface area contributed by atoms with Crippen molar-refractivity contribution in [2.75, 3.05) is 38.6 Å². The third-order valence-corrected chi connectivity index (χ3v) is 7.82. The van der Waals surface area contributed by atoms with Crippen LogP contribution >= 0.6 is 0 Å². The fourth-order valence-corrected chi connectivity index (χ4v) is 5.38. The van der Waals surface area contributed by atoms with Gasteiger partial charge in [-0.25, -0.2) is 18.4 Å². The van der Waals surface area contributed by atoms with Crippen LogP contribution in [0.3, 0.4) is 0 Å². The normalized spacial score (nSPS) is 17.4. The highest BCUT2D eigenvalue weighted by Crippen LogP contribution is 2.40. The van der Waals surface area contributed by atoms with Crippen molar-refractivity contribution in [1.29, 1.82) is 0 Å². The molecule has 2 fully saturated rings. The zero-order chi connectivity index (χ0) is 23.0. The van der Waals surface area contributed by atoms with Crippen LogP contribution < -0.4 is 5.32 Å². The Morgan fingerprint density at radius 2 is 2.03 bits per heavy atom. The number of nitrogens with one attached hydrogen (secondary N) is 1. The molecule has 0 unspecified atom stereocenters. The average Bonchev–Trinajstić information content (AvgIpc) is 3.63. The molecular weight excluding hydrogens is 444 g/mol. The SMILES string of the molecule is Cc1nn(-c2ccccn2)c2nc(C3CC3)cc(C(=O)NCCS(=O)(=O)N3CCOCC3)c12. The summed E-state index contributed by atoms with van der Waals surface area (Å²) in [4.78, 5) is 22.4. The van der Waals surface area contributed by atoms with Crippen molar-refractivity contribution in [2.45, 2.75) is 25.7 Å². The van der Waals surface area contributed by atoms with Crippen molar-refractivity contribution in [3.8, 4) is 5.82 Å². The van der Waals surface area contributed by atoms with Crippen LogP contribution in [0.1, 0.15) is 40.5 Å². The van der Waals surface area contributed by atoms with Crippen LogP contribution in [0.2, 0.25) is 0 Å². The van der Waals surface area contributed by atoms with E-state index in [1.165, 1.54) is 4.31 Å². The molecule has 33 heavy (non-hydrogen) atoms. The Labute approximate surface area is 192 Å². The Morgan fingerprint density at radius 1 is 1.24 bits per heavy atom. The fourth-order valence-electron chi connectivity index (χ4n) is 4.06. The number of pyridine rings is 2. The molecule has 0 radical (unpaired) electrons. The van der Waals surface area contributed by atoms with Crippen LogP contribution in [-0.2, 0) is 14.8 Å². The number of carbonyl (C=O) groups excluding carboxylic acids is 1. The van der Waals surface area contributed by atoms with Gasteiger partial charge in [-0.2, -0.15) is 14.1 Å². The van der Waals surface area contributed by atoms with Gasteiger partial charge in [0, 0.05) is 37.4 Å². The van der Waals surface area contributed by atoms with Crippen LogP contribution in [-0.4, -0.2) is 77.0 Å². The van der Waals surface area contributed by atoms with Crippen molar-refractivity contribution in [2.24, 2.45) is 0 Å². The van der Waals surface area contributed by atoms with Crippen LogP contribution in [0.15, 0.2) is 30.5 Å². The standard InChI is InChI=1S/C22H26N6O4S/c1-15-20-17(22(29)24-8-13-33(30,31)27-9-11-32-12-10-27)14-18(16-5-6-16)25-21(20)28(26-15)19-4-2-3-7-23-19/h2-4,7,14,16H,5-6,8-13H2,1H3,(H,24,29). The topological polar surface area (TPSA) is 119 Å². The van der Waals surface area contributed by atoms with Gasteiger partial charge in [-0.3, -0.25) is 4.79 Å². The molecule has 0 atom stereocenters. The first kappa shape index (κ1) is 21.9. The Hall–Kier alpha value is -2.89.